The van der Waals surface area contributed by atoms with E-state index in [-0.39, 0.29) is 5.82 Å². The number of benzene rings is 1. The summed E-state index contributed by atoms with van der Waals surface area (Å²) < 4.78 is 18.3. The van der Waals surface area contributed by atoms with Crippen LogP contribution >= 0.6 is 0 Å². The van der Waals surface area contributed by atoms with E-state index in [2.05, 4.69) is 20.7 Å². The highest BCUT2D eigenvalue weighted by Crippen LogP contribution is 2.27. The summed E-state index contributed by atoms with van der Waals surface area (Å²) >= 11 is 0. The van der Waals surface area contributed by atoms with Gasteiger partial charge in [-0.2, -0.15) is 0 Å². The summed E-state index contributed by atoms with van der Waals surface area (Å²) in [6, 6.07) is 6.48. The van der Waals surface area contributed by atoms with Crippen LogP contribution in [0.2, 0.25) is 0 Å². The number of nitrogens with one attached hydrogen (secondary N) is 2. The molecule has 0 aliphatic rings. The number of nitrogen functional groups attached to an aromatic ring is 1. The first kappa shape index (κ1) is 14.0. The molecule has 2 aromatic rings. The third-order valence-corrected chi connectivity index (χ3v) is 2.74. The molecule has 0 fully saturated rings. The molecule has 20 heavy (non-hydrogen) atoms. The zero-order chi connectivity index (χ0) is 14.4. The van der Waals surface area contributed by atoms with Gasteiger partial charge in [0, 0.05) is 6.54 Å². The minimum Gasteiger partial charge on any atom is -0.490 e. The highest BCUT2D eigenvalue weighted by Gasteiger charge is 2.10. The number of anilines is 2. The monoisotopic (exact) mass is 277 g/mol. The van der Waals surface area contributed by atoms with Gasteiger partial charge in [0.1, 0.15) is 12.1 Å². The molecular weight excluding hydrogens is 261 g/mol. The van der Waals surface area contributed by atoms with Gasteiger partial charge < -0.3 is 15.5 Å². The Balaban J connectivity index is 2.01. The van der Waals surface area contributed by atoms with Crippen molar-refractivity contribution in [2.75, 3.05) is 24.4 Å². The number of aromatic nitrogens is 2. The van der Waals surface area contributed by atoms with Crippen LogP contribution in [0.1, 0.15) is 5.56 Å². The predicted octanol–water partition coefficient (Wildman–Crippen LogP) is 1.56. The lowest BCUT2D eigenvalue weighted by atomic mass is 10.1. The third-order valence-electron chi connectivity index (χ3n) is 2.74. The maximum Gasteiger partial charge on any atom is 0.205 e. The first-order valence-electron chi connectivity index (χ1n) is 6.08. The smallest absolute Gasteiger partial charge is 0.205 e. The van der Waals surface area contributed by atoms with Crippen molar-refractivity contribution < 1.29 is 9.13 Å². The Hall–Kier alpha value is -2.41. The van der Waals surface area contributed by atoms with E-state index in [0.717, 1.165) is 5.56 Å². The van der Waals surface area contributed by atoms with Gasteiger partial charge >= 0.3 is 0 Å². The molecule has 0 amide bonds. The zero-order valence-electron chi connectivity index (χ0n) is 11.1. The van der Waals surface area contributed by atoms with Crippen molar-refractivity contribution in [2.24, 2.45) is 5.84 Å². The van der Waals surface area contributed by atoms with Crippen LogP contribution < -0.4 is 21.3 Å². The number of methoxy groups -OCH3 is 1. The molecule has 0 aliphatic heterocycles. The van der Waals surface area contributed by atoms with E-state index in [0.29, 0.717) is 30.4 Å². The van der Waals surface area contributed by atoms with E-state index < -0.39 is 0 Å². The van der Waals surface area contributed by atoms with Crippen molar-refractivity contribution in [1.29, 1.82) is 0 Å². The summed E-state index contributed by atoms with van der Waals surface area (Å²) in [6.07, 6.45) is 2.04. The van der Waals surface area contributed by atoms with Crippen molar-refractivity contribution in [3.63, 3.8) is 0 Å². The van der Waals surface area contributed by atoms with Crippen molar-refractivity contribution in [3.05, 3.63) is 42.0 Å². The highest BCUT2D eigenvalue weighted by molar-refractivity contribution is 5.62. The molecule has 106 valence electrons. The fourth-order valence-corrected chi connectivity index (χ4v) is 1.81. The minimum atomic E-state index is -0.239. The standard InChI is InChI=1S/C13H16FN5O/c1-20-11-12(17-8-18-13(11)19-15)16-6-5-9-3-2-4-10(14)7-9/h2-4,7-8H,5-6,15H2,1H3,(H2,16,17,18,19). The molecular formula is C13H16FN5O. The first-order chi connectivity index (χ1) is 9.74. The number of hydrogen-bond donors (Lipinski definition) is 3. The van der Waals surface area contributed by atoms with Gasteiger partial charge in [-0.1, -0.05) is 12.1 Å². The molecule has 0 radical (unpaired) electrons. The van der Waals surface area contributed by atoms with E-state index in [1.54, 1.807) is 6.07 Å². The summed E-state index contributed by atoms with van der Waals surface area (Å²) in [4.78, 5) is 8.03. The molecule has 0 atom stereocenters. The zero-order valence-corrected chi connectivity index (χ0v) is 11.1. The second-order valence-electron chi connectivity index (χ2n) is 4.06. The van der Waals surface area contributed by atoms with Gasteiger partial charge in [-0.25, -0.2) is 20.2 Å². The van der Waals surface area contributed by atoms with Gasteiger partial charge in [0.25, 0.3) is 0 Å². The van der Waals surface area contributed by atoms with E-state index >= 15 is 0 Å². The van der Waals surface area contributed by atoms with Crippen LogP contribution in [0.15, 0.2) is 30.6 Å². The lowest BCUT2D eigenvalue weighted by Crippen LogP contribution is -2.13. The van der Waals surface area contributed by atoms with Gasteiger partial charge in [0.15, 0.2) is 11.6 Å². The third kappa shape index (κ3) is 3.33. The average molecular weight is 277 g/mol. The molecule has 0 spiro atoms. The Kier molecular flexibility index (Phi) is 4.67. The Morgan fingerprint density at radius 3 is 2.80 bits per heavy atom. The van der Waals surface area contributed by atoms with Gasteiger partial charge in [0.2, 0.25) is 5.75 Å². The van der Waals surface area contributed by atoms with Crippen LogP contribution in [0.4, 0.5) is 16.0 Å². The Morgan fingerprint density at radius 1 is 1.30 bits per heavy atom. The van der Waals surface area contributed by atoms with E-state index in [9.17, 15) is 4.39 Å². The molecule has 1 aromatic heterocycles. The summed E-state index contributed by atoms with van der Waals surface area (Å²) in [6.45, 7) is 0.584. The van der Waals surface area contributed by atoms with Crippen molar-refractivity contribution >= 4 is 11.6 Å². The molecule has 0 saturated heterocycles. The summed E-state index contributed by atoms with van der Waals surface area (Å²) in [7, 11) is 1.51. The lowest BCUT2D eigenvalue weighted by molar-refractivity contribution is 0.414. The summed E-state index contributed by atoms with van der Waals surface area (Å²) in [5.41, 5.74) is 3.34. The van der Waals surface area contributed by atoms with Crippen molar-refractivity contribution in [3.8, 4) is 5.75 Å². The maximum atomic E-state index is 13.1. The number of hydrazine groups is 1. The molecule has 6 nitrogen and oxygen atoms in total. The van der Waals surface area contributed by atoms with Crippen LogP contribution in [0, 0.1) is 5.82 Å². The van der Waals surface area contributed by atoms with Gasteiger partial charge in [0.05, 0.1) is 7.11 Å². The van der Waals surface area contributed by atoms with Gasteiger partial charge in [-0.15, -0.1) is 0 Å². The quantitative estimate of drug-likeness (QED) is 0.549. The number of nitrogens with two attached hydrogens (primary N) is 1. The molecule has 0 bridgehead atoms. The topological polar surface area (TPSA) is 85.1 Å². The molecule has 1 aromatic carbocycles. The van der Waals surface area contributed by atoms with E-state index in [1.165, 1.54) is 25.6 Å². The number of ether oxygens (including phenoxy) is 1. The van der Waals surface area contributed by atoms with E-state index in [4.69, 9.17) is 10.6 Å². The molecule has 0 saturated carbocycles. The van der Waals surface area contributed by atoms with Gasteiger partial charge in [-0.05, 0) is 24.1 Å². The minimum absolute atomic E-state index is 0.239. The highest BCUT2D eigenvalue weighted by atomic mass is 19.1. The summed E-state index contributed by atoms with van der Waals surface area (Å²) in [5, 5.41) is 3.11. The number of halogens is 1. The van der Waals surface area contributed by atoms with Crippen LogP contribution in [0.5, 0.6) is 5.75 Å². The molecule has 7 heteroatoms. The van der Waals surface area contributed by atoms with Crippen molar-refractivity contribution in [1.82, 2.24) is 9.97 Å². The van der Waals surface area contributed by atoms with Crippen LogP contribution in [0.25, 0.3) is 0 Å². The molecule has 4 N–H and O–H groups in total. The maximum absolute atomic E-state index is 13.1. The summed E-state index contributed by atoms with van der Waals surface area (Å²) in [5.74, 6) is 6.47. The van der Waals surface area contributed by atoms with E-state index in [1.807, 2.05) is 6.07 Å². The van der Waals surface area contributed by atoms with Crippen LogP contribution in [-0.4, -0.2) is 23.6 Å². The first-order valence-corrected chi connectivity index (χ1v) is 6.08. The van der Waals surface area contributed by atoms with Crippen LogP contribution in [-0.2, 0) is 6.42 Å². The molecule has 0 unspecified atom stereocenters. The average Bonchev–Trinajstić information content (AvgIpc) is 2.47. The molecule has 0 aliphatic carbocycles. The normalized spacial score (nSPS) is 10.2. The van der Waals surface area contributed by atoms with Gasteiger partial charge in [-0.3, -0.25) is 0 Å². The predicted molar refractivity (Wildman–Crippen MR) is 75.0 cm³/mol. The number of hydrogen-bond acceptors (Lipinski definition) is 6. The second-order valence-corrected chi connectivity index (χ2v) is 4.06. The Morgan fingerprint density at radius 2 is 2.10 bits per heavy atom. The lowest BCUT2D eigenvalue weighted by Gasteiger charge is -2.12. The van der Waals surface area contributed by atoms with Crippen molar-refractivity contribution in [2.45, 2.75) is 6.42 Å². The molecule has 1 heterocycles. The largest absolute Gasteiger partial charge is 0.490 e. The number of nitrogens with zero attached hydrogens (tertiary/aromatic N) is 2. The Labute approximate surface area is 116 Å². The Bertz CT molecular complexity index is 578. The van der Waals surface area contributed by atoms with Crippen LogP contribution in [0.3, 0.4) is 0 Å². The fraction of sp³-hybridized carbons (Fsp3) is 0.231. The number of rotatable bonds is 6. The molecule has 2 rings (SSSR count). The second kappa shape index (κ2) is 6.67. The SMILES string of the molecule is COc1c(NN)ncnc1NCCc1cccc(F)c1. The fourth-order valence-electron chi connectivity index (χ4n) is 1.81.